The van der Waals surface area contributed by atoms with Crippen LogP contribution in [0, 0.1) is 33.8 Å². The summed E-state index contributed by atoms with van der Waals surface area (Å²) >= 11 is 6.38. The lowest BCUT2D eigenvalue weighted by atomic mass is 9.49. The summed E-state index contributed by atoms with van der Waals surface area (Å²) in [6.45, 7) is -0.0791. The van der Waals surface area contributed by atoms with Crippen LogP contribution < -0.4 is 14.5 Å². The third-order valence-electron chi connectivity index (χ3n) is 11.0. The third-order valence-corrected chi connectivity index (χ3v) is 11.3. The fraction of sp³-hybridized carbons (Fsp3) is 0.250. The number of nitro groups is 1. The lowest BCUT2D eigenvalue weighted by molar-refractivity contribution is -0.384. The van der Waals surface area contributed by atoms with E-state index in [9.17, 15) is 29.6 Å². The van der Waals surface area contributed by atoms with E-state index in [-0.39, 0.29) is 37.4 Å². The van der Waals surface area contributed by atoms with Crippen LogP contribution in [-0.4, -0.2) is 46.9 Å². The predicted octanol–water partition coefficient (Wildman–Crippen LogP) is 5.99. The Hall–Kier alpha value is -5.65. The minimum Gasteiger partial charge on any atom is -0.491 e. The number of aliphatic hydroxyl groups is 1. The number of rotatable bonds is 8. The number of carbonyl (C=O) groups excluding carboxylic acids is 4. The number of ether oxygens (including phenoxy) is 1. The molecule has 0 aromatic heterocycles. The van der Waals surface area contributed by atoms with E-state index in [2.05, 4.69) is 0 Å². The summed E-state index contributed by atoms with van der Waals surface area (Å²) in [5.41, 5.74) is 0.889. The van der Waals surface area contributed by atoms with Crippen LogP contribution in [0.2, 0.25) is 5.02 Å². The molecule has 1 saturated carbocycles. The van der Waals surface area contributed by atoms with Gasteiger partial charge in [-0.05, 0) is 66.3 Å². The summed E-state index contributed by atoms with van der Waals surface area (Å²) in [7, 11) is 0. The first-order valence-corrected chi connectivity index (χ1v) is 17.4. The van der Waals surface area contributed by atoms with Gasteiger partial charge in [0.05, 0.1) is 46.1 Å². The molecule has 3 fully saturated rings. The smallest absolute Gasteiger partial charge is 0.271 e. The number of non-ortho nitro benzene ring substituents is 1. The summed E-state index contributed by atoms with van der Waals surface area (Å²) in [5.74, 6) is -5.19. The molecule has 1 N–H and O–H groups in total. The van der Waals surface area contributed by atoms with Crippen molar-refractivity contribution in [1.82, 2.24) is 0 Å². The molecular formula is C40H32ClN3O8. The maximum absolute atomic E-state index is 15.3. The van der Waals surface area contributed by atoms with Gasteiger partial charge in [-0.15, -0.1) is 0 Å². The molecule has 6 unspecified atom stereocenters. The Morgan fingerprint density at radius 3 is 2.23 bits per heavy atom. The second kappa shape index (κ2) is 12.8. The van der Waals surface area contributed by atoms with Gasteiger partial charge in [-0.1, -0.05) is 77.8 Å². The fourth-order valence-electron chi connectivity index (χ4n) is 9.04. The van der Waals surface area contributed by atoms with Crippen molar-refractivity contribution in [2.24, 2.45) is 23.7 Å². The van der Waals surface area contributed by atoms with E-state index in [4.69, 9.17) is 16.3 Å². The SMILES string of the molecule is O=C1C2CC=C3C(CC4C(=O)N(c5cccc(Cl)c5)C(=O)C4(c4ccccc4)C3c3ccc(OCCO)cc3)C2C(=O)N1c1cccc([N+](=O)[O-])c1. The Labute approximate surface area is 303 Å². The monoisotopic (exact) mass is 717 g/mol. The van der Waals surface area contributed by atoms with Gasteiger partial charge >= 0.3 is 0 Å². The molecule has 52 heavy (non-hydrogen) atoms. The minimum atomic E-state index is -1.44. The van der Waals surface area contributed by atoms with Crippen molar-refractivity contribution in [1.29, 1.82) is 0 Å². The number of benzene rings is 4. The minimum absolute atomic E-state index is 0.0912. The van der Waals surface area contributed by atoms with Gasteiger partial charge in [0.2, 0.25) is 23.6 Å². The molecular weight excluding hydrogens is 686 g/mol. The molecule has 4 aromatic carbocycles. The van der Waals surface area contributed by atoms with Gasteiger partial charge in [0.15, 0.2) is 0 Å². The number of halogens is 1. The molecule has 2 saturated heterocycles. The van der Waals surface area contributed by atoms with Gasteiger partial charge in [0, 0.05) is 23.1 Å². The lowest BCUT2D eigenvalue weighted by Gasteiger charge is -2.50. The molecule has 8 rings (SSSR count). The topological polar surface area (TPSA) is 147 Å². The second-order valence-corrected chi connectivity index (χ2v) is 14.0. The van der Waals surface area contributed by atoms with Gasteiger partial charge in [0.1, 0.15) is 12.4 Å². The van der Waals surface area contributed by atoms with E-state index in [0.29, 0.717) is 27.6 Å². The number of fused-ring (bicyclic) bond motifs is 4. The molecule has 262 valence electrons. The Morgan fingerprint density at radius 1 is 0.827 bits per heavy atom. The number of aliphatic hydroxyl groups excluding tert-OH is 1. The van der Waals surface area contributed by atoms with Crippen molar-refractivity contribution in [3.63, 3.8) is 0 Å². The number of nitrogens with zero attached hydrogens (tertiary/aromatic N) is 3. The molecule has 2 aliphatic carbocycles. The van der Waals surface area contributed by atoms with Gasteiger partial charge in [-0.25, -0.2) is 9.80 Å². The Morgan fingerprint density at radius 2 is 1.54 bits per heavy atom. The zero-order valence-electron chi connectivity index (χ0n) is 27.6. The Kier molecular flexibility index (Phi) is 8.27. The summed E-state index contributed by atoms with van der Waals surface area (Å²) in [4.78, 5) is 71.9. The standard InChI is InChI=1S/C40H32ClN3O8/c41-25-8-4-9-26(20-25)43-37(47)33-22-32-30(16-17-31-34(32)38(48)42(36(31)46)27-10-5-11-28(21-27)44(50)51)35(23-12-14-29(15-13-23)52-19-18-45)40(33,39(43)49)24-6-2-1-3-7-24/h1-16,20-21,31-35,45H,17-19,22H2. The number of nitro benzene ring substituents is 1. The molecule has 2 heterocycles. The van der Waals surface area contributed by atoms with Gasteiger partial charge in [-0.3, -0.25) is 29.3 Å². The number of hydrogen-bond acceptors (Lipinski definition) is 8. The molecule has 6 atom stereocenters. The highest BCUT2D eigenvalue weighted by Gasteiger charge is 2.70. The van der Waals surface area contributed by atoms with Crippen LogP contribution in [0.5, 0.6) is 5.75 Å². The van der Waals surface area contributed by atoms with Gasteiger partial charge in [0.25, 0.3) is 5.69 Å². The van der Waals surface area contributed by atoms with Gasteiger partial charge < -0.3 is 9.84 Å². The molecule has 0 spiro atoms. The van der Waals surface area contributed by atoms with Crippen molar-refractivity contribution < 1.29 is 33.9 Å². The number of amides is 4. The maximum Gasteiger partial charge on any atom is 0.271 e. The lowest BCUT2D eigenvalue weighted by Crippen LogP contribution is -2.53. The fourth-order valence-corrected chi connectivity index (χ4v) is 9.22. The van der Waals surface area contributed by atoms with Crippen molar-refractivity contribution in [2.45, 2.75) is 24.2 Å². The van der Waals surface area contributed by atoms with Crippen LogP contribution in [-0.2, 0) is 24.6 Å². The van der Waals surface area contributed by atoms with Crippen molar-refractivity contribution >= 4 is 52.3 Å². The molecule has 11 nitrogen and oxygen atoms in total. The highest BCUT2D eigenvalue weighted by molar-refractivity contribution is 6.32. The number of hydrogen-bond donors (Lipinski definition) is 1. The average Bonchev–Trinajstić information content (AvgIpc) is 3.55. The number of allylic oxidation sites excluding steroid dienone is 2. The van der Waals surface area contributed by atoms with Crippen molar-refractivity contribution in [3.05, 3.63) is 141 Å². The third kappa shape index (κ3) is 4.98. The zero-order valence-corrected chi connectivity index (χ0v) is 28.4. The van der Waals surface area contributed by atoms with E-state index < -0.39 is 63.6 Å². The normalized spacial score (nSPS) is 26.5. The van der Waals surface area contributed by atoms with Crippen LogP contribution in [0.3, 0.4) is 0 Å². The molecule has 0 bridgehead atoms. The molecule has 2 aliphatic heterocycles. The van der Waals surface area contributed by atoms with E-state index in [0.717, 1.165) is 10.5 Å². The van der Waals surface area contributed by atoms with E-state index in [1.165, 1.54) is 29.2 Å². The van der Waals surface area contributed by atoms with Crippen molar-refractivity contribution in [2.75, 3.05) is 23.0 Å². The quantitative estimate of drug-likeness (QED) is 0.101. The summed E-state index contributed by atoms with van der Waals surface area (Å²) < 4.78 is 5.65. The highest BCUT2D eigenvalue weighted by Crippen LogP contribution is 2.64. The second-order valence-electron chi connectivity index (χ2n) is 13.5. The zero-order chi connectivity index (χ0) is 36.3. The van der Waals surface area contributed by atoms with E-state index in [1.807, 2.05) is 48.5 Å². The van der Waals surface area contributed by atoms with E-state index >= 15 is 4.79 Å². The average molecular weight is 718 g/mol. The largest absolute Gasteiger partial charge is 0.491 e. The Bertz CT molecular complexity index is 2170. The summed E-state index contributed by atoms with van der Waals surface area (Å²) in [6, 6.07) is 28.4. The van der Waals surface area contributed by atoms with Crippen LogP contribution >= 0.6 is 11.6 Å². The molecule has 4 amide bonds. The van der Waals surface area contributed by atoms with Crippen LogP contribution in [0.1, 0.15) is 29.9 Å². The number of carbonyl (C=O) groups is 4. The highest BCUT2D eigenvalue weighted by atomic mass is 35.5. The van der Waals surface area contributed by atoms with Gasteiger partial charge in [-0.2, -0.15) is 0 Å². The first kappa shape index (κ1) is 33.5. The number of imide groups is 2. The maximum atomic E-state index is 15.3. The molecule has 4 aromatic rings. The number of anilines is 2. The summed E-state index contributed by atoms with van der Waals surface area (Å²) in [6.07, 6.45) is 2.27. The molecule has 12 heteroatoms. The first-order valence-electron chi connectivity index (χ1n) is 17.0. The first-order chi connectivity index (χ1) is 25.2. The van der Waals surface area contributed by atoms with Crippen LogP contribution in [0.25, 0.3) is 0 Å². The Balaban J connectivity index is 1.31. The summed E-state index contributed by atoms with van der Waals surface area (Å²) in [5, 5.41) is 21.3. The molecule has 0 radical (unpaired) electrons. The van der Waals surface area contributed by atoms with Crippen molar-refractivity contribution in [3.8, 4) is 5.75 Å². The predicted molar refractivity (Wildman–Crippen MR) is 191 cm³/mol. The van der Waals surface area contributed by atoms with Crippen LogP contribution in [0.15, 0.2) is 115 Å². The van der Waals surface area contributed by atoms with Crippen LogP contribution in [0.4, 0.5) is 17.1 Å². The van der Waals surface area contributed by atoms with E-state index in [1.54, 1.807) is 36.4 Å². The molecule has 4 aliphatic rings.